The van der Waals surface area contributed by atoms with E-state index in [4.69, 9.17) is 5.73 Å². The topological polar surface area (TPSA) is 26.0 Å². The van der Waals surface area contributed by atoms with Gasteiger partial charge in [-0.2, -0.15) is 0 Å². The molecule has 1 nitrogen and oxygen atoms in total. The summed E-state index contributed by atoms with van der Waals surface area (Å²) in [6, 6.07) is 0.535. The van der Waals surface area contributed by atoms with Crippen molar-refractivity contribution in [1.82, 2.24) is 0 Å². The first-order valence-corrected chi connectivity index (χ1v) is 4.51. The molecule has 60 valence electrons. The Bertz CT molecular complexity index is 103. The van der Waals surface area contributed by atoms with Crippen LogP contribution in [0.2, 0.25) is 0 Å². The summed E-state index contributed by atoms with van der Waals surface area (Å²) >= 11 is 0. The second kappa shape index (κ2) is 2.91. The molecule has 1 aliphatic carbocycles. The summed E-state index contributed by atoms with van der Waals surface area (Å²) in [5.41, 5.74) is 6.46. The Morgan fingerprint density at radius 2 is 1.70 bits per heavy atom. The van der Waals surface area contributed by atoms with Crippen LogP contribution < -0.4 is 5.73 Å². The Kier molecular flexibility index (Phi) is 2.35. The van der Waals surface area contributed by atoms with E-state index in [1.54, 1.807) is 0 Å². The Labute approximate surface area is 64.0 Å². The van der Waals surface area contributed by atoms with Crippen LogP contribution in [-0.2, 0) is 0 Å². The molecule has 2 N–H and O–H groups in total. The lowest BCUT2D eigenvalue weighted by molar-refractivity contribution is 0.403. The monoisotopic (exact) mass is 141 g/mol. The van der Waals surface area contributed by atoms with E-state index in [1.165, 1.54) is 32.1 Å². The van der Waals surface area contributed by atoms with Crippen molar-refractivity contribution in [3.8, 4) is 0 Å². The van der Waals surface area contributed by atoms with Crippen LogP contribution in [0.1, 0.15) is 46.0 Å². The van der Waals surface area contributed by atoms with Gasteiger partial charge in [0.2, 0.25) is 0 Å². The predicted octanol–water partition coefficient (Wildman–Crippen LogP) is 2.30. The third kappa shape index (κ3) is 1.34. The molecule has 0 radical (unpaired) electrons. The standard InChI is InChI=1S/C9H19N/c1-3-5-9(6-4-2)7-8(9)10/h8H,3-7,10H2,1-2H3. The van der Waals surface area contributed by atoms with Crippen LogP contribution in [0, 0.1) is 5.41 Å². The molecule has 1 rings (SSSR count). The molecule has 0 spiro atoms. The summed E-state index contributed by atoms with van der Waals surface area (Å²) in [6.07, 6.45) is 6.58. The van der Waals surface area contributed by atoms with Crippen LogP contribution >= 0.6 is 0 Å². The Balaban J connectivity index is 2.31. The van der Waals surface area contributed by atoms with Crippen LogP contribution in [0.4, 0.5) is 0 Å². The van der Waals surface area contributed by atoms with Crippen molar-refractivity contribution in [3.63, 3.8) is 0 Å². The van der Waals surface area contributed by atoms with Gasteiger partial charge in [0.25, 0.3) is 0 Å². The molecule has 0 aliphatic heterocycles. The molecule has 1 atom stereocenters. The van der Waals surface area contributed by atoms with Crippen molar-refractivity contribution < 1.29 is 0 Å². The van der Waals surface area contributed by atoms with E-state index in [0.29, 0.717) is 11.5 Å². The van der Waals surface area contributed by atoms with Gasteiger partial charge >= 0.3 is 0 Å². The summed E-state index contributed by atoms with van der Waals surface area (Å²) in [4.78, 5) is 0. The third-order valence-corrected chi connectivity index (χ3v) is 2.75. The van der Waals surface area contributed by atoms with Crippen LogP contribution in [0.5, 0.6) is 0 Å². The summed E-state index contributed by atoms with van der Waals surface area (Å²) in [6.45, 7) is 4.50. The summed E-state index contributed by atoms with van der Waals surface area (Å²) in [7, 11) is 0. The third-order valence-electron chi connectivity index (χ3n) is 2.75. The quantitative estimate of drug-likeness (QED) is 0.638. The van der Waals surface area contributed by atoms with Crippen molar-refractivity contribution in [2.45, 2.75) is 52.0 Å². The lowest BCUT2D eigenvalue weighted by atomic mass is 9.94. The lowest BCUT2D eigenvalue weighted by Crippen LogP contribution is -2.13. The van der Waals surface area contributed by atoms with Gasteiger partial charge in [0.05, 0.1) is 0 Å². The zero-order valence-electron chi connectivity index (χ0n) is 7.19. The molecule has 10 heavy (non-hydrogen) atoms. The zero-order valence-corrected chi connectivity index (χ0v) is 7.19. The molecule has 1 unspecified atom stereocenters. The van der Waals surface area contributed by atoms with Crippen LogP contribution in [0.15, 0.2) is 0 Å². The van der Waals surface area contributed by atoms with Gasteiger partial charge < -0.3 is 5.73 Å². The first-order valence-electron chi connectivity index (χ1n) is 4.51. The van der Waals surface area contributed by atoms with Gasteiger partial charge in [0, 0.05) is 6.04 Å². The molecule has 1 saturated carbocycles. The number of nitrogens with two attached hydrogens (primary N) is 1. The van der Waals surface area contributed by atoms with Crippen LogP contribution in [-0.4, -0.2) is 6.04 Å². The van der Waals surface area contributed by atoms with E-state index in [2.05, 4.69) is 13.8 Å². The fourth-order valence-electron chi connectivity index (χ4n) is 2.07. The van der Waals surface area contributed by atoms with E-state index in [0.717, 1.165) is 0 Å². The number of hydrogen-bond acceptors (Lipinski definition) is 1. The van der Waals surface area contributed by atoms with E-state index < -0.39 is 0 Å². The molecule has 0 aromatic heterocycles. The van der Waals surface area contributed by atoms with Gasteiger partial charge in [0.1, 0.15) is 0 Å². The van der Waals surface area contributed by atoms with E-state index in [9.17, 15) is 0 Å². The van der Waals surface area contributed by atoms with Gasteiger partial charge in [-0.1, -0.05) is 26.7 Å². The Morgan fingerprint density at radius 1 is 1.30 bits per heavy atom. The molecule has 0 bridgehead atoms. The highest BCUT2D eigenvalue weighted by Crippen LogP contribution is 2.51. The minimum Gasteiger partial charge on any atom is -0.327 e. The second-order valence-corrected chi connectivity index (χ2v) is 3.67. The van der Waals surface area contributed by atoms with Crippen molar-refractivity contribution in [3.05, 3.63) is 0 Å². The molecule has 0 aromatic rings. The smallest absolute Gasteiger partial charge is 0.0102 e. The molecular weight excluding hydrogens is 122 g/mol. The molecular formula is C9H19N. The van der Waals surface area contributed by atoms with Crippen molar-refractivity contribution in [2.75, 3.05) is 0 Å². The first-order chi connectivity index (χ1) is 4.75. The molecule has 0 aromatic carbocycles. The largest absolute Gasteiger partial charge is 0.327 e. The summed E-state index contributed by atoms with van der Waals surface area (Å²) in [5, 5.41) is 0. The van der Waals surface area contributed by atoms with E-state index in [1.807, 2.05) is 0 Å². The Morgan fingerprint density at radius 3 is 1.90 bits per heavy atom. The fraction of sp³-hybridized carbons (Fsp3) is 1.00. The highest BCUT2D eigenvalue weighted by Gasteiger charge is 2.49. The van der Waals surface area contributed by atoms with E-state index >= 15 is 0 Å². The fourth-order valence-corrected chi connectivity index (χ4v) is 2.07. The van der Waals surface area contributed by atoms with Gasteiger partial charge in [-0.25, -0.2) is 0 Å². The summed E-state index contributed by atoms with van der Waals surface area (Å²) in [5.74, 6) is 0. The number of hydrogen-bond donors (Lipinski definition) is 1. The maximum absolute atomic E-state index is 5.87. The minimum absolute atomic E-state index is 0.535. The van der Waals surface area contributed by atoms with E-state index in [-0.39, 0.29) is 0 Å². The molecule has 1 heteroatoms. The van der Waals surface area contributed by atoms with Gasteiger partial charge in [0.15, 0.2) is 0 Å². The van der Waals surface area contributed by atoms with Crippen molar-refractivity contribution >= 4 is 0 Å². The molecule has 1 aliphatic rings. The lowest BCUT2D eigenvalue weighted by Gasteiger charge is -2.12. The molecule has 0 amide bonds. The van der Waals surface area contributed by atoms with Crippen molar-refractivity contribution in [1.29, 1.82) is 0 Å². The first kappa shape index (κ1) is 8.06. The van der Waals surface area contributed by atoms with Gasteiger partial charge in [-0.3, -0.25) is 0 Å². The highest BCUT2D eigenvalue weighted by atomic mass is 14.8. The molecule has 0 saturated heterocycles. The average Bonchev–Trinajstić information content (AvgIpc) is 2.44. The zero-order chi connectivity index (χ0) is 7.61. The Hall–Kier alpha value is -0.0400. The average molecular weight is 141 g/mol. The maximum Gasteiger partial charge on any atom is 0.0102 e. The molecule has 0 heterocycles. The SMILES string of the molecule is CCCC1(CCC)CC1N. The second-order valence-electron chi connectivity index (χ2n) is 3.67. The normalized spacial score (nSPS) is 28.5. The molecule has 1 fully saturated rings. The highest BCUT2D eigenvalue weighted by molar-refractivity contribution is 5.04. The maximum atomic E-state index is 5.87. The minimum atomic E-state index is 0.535. The van der Waals surface area contributed by atoms with Gasteiger partial charge in [-0.15, -0.1) is 0 Å². The van der Waals surface area contributed by atoms with Crippen molar-refractivity contribution in [2.24, 2.45) is 11.1 Å². The van der Waals surface area contributed by atoms with Crippen LogP contribution in [0.3, 0.4) is 0 Å². The van der Waals surface area contributed by atoms with Crippen LogP contribution in [0.25, 0.3) is 0 Å². The summed E-state index contributed by atoms with van der Waals surface area (Å²) < 4.78 is 0. The van der Waals surface area contributed by atoms with Gasteiger partial charge in [-0.05, 0) is 24.7 Å². The predicted molar refractivity (Wildman–Crippen MR) is 44.8 cm³/mol. The number of rotatable bonds is 4.